The van der Waals surface area contributed by atoms with Crippen LogP contribution in [0, 0.1) is 29.1 Å². The predicted octanol–water partition coefficient (Wildman–Crippen LogP) is 4.10. The zero-order valence-corrected chi connectivity index (χ0v) is 13.3. The van der Waals surface area contributed by atoms with Gasteiger partial charge in [0.15, 0.2) is 28.2 Å². The predicted molar refractivity (Wildman–Crippen MR) is 78.9 cm³/mol. The second kappa shape index (κ2) is 7.09. The number of hydrogen-bond donors (Lipinski definition) is 1. The van der Waals surface area contributed by atoms with Crippen LogP contribution in [-0.4, -0.2) is 8.42 Å². The van der Waals surface area contributed by atoms with Crippen LogP contribution in [0.1, 0.15) is 6.92 Å². The van der Waals surface area contributed by atoms with Crippen molar-refractivity contribution in [3.63, 3.8) is 0 Å². The summed E-state index contributed by atoms with van der Waals surface area (Å²) in [4.78, 5) is -1.96. The van der Waals surface area contributed by atoms with Crippen molar-refractivity contribution < 1.29 is 35.1 Å². The zero-order valence-electron chi connectivity index (χ0n) is 12.5. The summed E-state index contributed by atoms with van der Waals surface area (Å²) in [6, 6.07) is 5.03. The Morgan fingerprint density at radius 2 is 1.36 bits per heavy atom. The molecule has 0 unspecified atom stereocenters. The minimum atomic E-state index is -5.07. The second-order valence-corrected chi connectivity index (χ2v) is 6.24. The molecule has 10 heteroatoms. The molecule has 0 radical (unpaired) electrons. The van der Waals surface area contributed by atoms with Crippen molar-refractivity contribution in [2.45, 2.75) is 11.8 Å². The molecule has 0 atom stereocenters. The molecule has 0 saturated heterocycles. The number of benzene rings is 2. The van der Waals surface area contributed by atoms with Crippen molar-refractivity contribution in [3.05, 3.63) is 65.7 Å². The Hall–Kier alpha value is -2.62. The summed E-state index contributed by atoms with van der Waals surface area (Å²) in [5.74, 6) is -11.7. The van der Waals surface area contributed by atoms with Gasteiger partial charge in [0.1, 0.15) is 5.75 Å². The lowest BCUT2D eigenvalue weighted by molar-refractivity contribution is 0.358. The Kier molecular flexibility index (Phi) is 5.31. The van der Waals surface area contributed by atoms with Crippen molar-refractivity contribution in [1.82, 2.24) is 0 Å². The molecule has 0 saturated carbocycles. The maximum absolute atomic E-state index is 13.6. The van der Waals surface area contributed by atoms with Crippen LogP contribution < -0.4 is 9.46 Å². The highest BCUT2D eigenvalue weighted by Crippen LogP contribution is 2.28. The molecule has 0 aliphatic rings. The summed E-state index contributed by atoms with van der Waals surface area (Å²) in [5.41, 5.74) is -0.170. The van der Waals surface area contributed by atoms with E-state index in [-0.39, 0.29) is 5.69 Å². The van der Waals surface area contributed by atoms with Gasteiger partial charge in [-0.2, -0.15) is 0 Å². The minimum Gasteiger partial charge on any atom is -0.465 e. The maximum atomic E-state index is 13.6. The highest BCUT2D eigenvalue weighted by Gasteiger charge is 2.33. The molecular formula is C15H10F5NO3S. The van der Waals surface area contributed by atoms with Crippen LogP contribution in [0.2, 0.25) is 0 Å². The first-order valence-electron chi connectivity index (χ1n) is 6.61. The molecule has 2 aromatic rings. The van der Waals surface area contributed by atoms with Gasteiger partial charge in [-0.1, -0.05) is 6.08 Å². The summed E-state index contributed by atoms with van der Waals surface area (Å²) in [7, 11) is -5.07. The van der Waals surface area contributed by atoms with Crippen LogP contribution in [-0.2, 0) is 10.0 Å². The summed E-state index contributed by atoms with van der Waals surface area (Å²) >= 11 is 0. The number of ether oxygens (including phenoxy) is 1. The van der Waals surface area contributed by atoms with Gasteiger partial charge in [-0.15, -0.1) is 0 Å². The van der Waals surface area contributed by atoms with Gasteiger partial charge >= 0.3 is 0 Å². The first-order valence-corrected chi connectivity index (χ1v) is 8.09. The van der Waals surface area contributed by atoms with E-state index in [4.69, 9.17) is 4.74 Å². The molecular weight excluding hydrogens is 369 g/mol. The standard InChI is InChI=1S/C15H10F5NO3S/c1-2-7-24-9-5-3-8(4-6-9)21-25(22,23)15-13(19)11(17)10(16)12(18)14(15)20/h2-7,21H,1H3/b7-2+. The molecule has 4 nitrogen and oxygen atoms in total. The maximum Gasteiger partial charge on any atom is 0.267 e. The van der Waals surface area contributed by atoms with Gasteiger partial charge in [-0.3, -0.25) is 4.72 Å². The monoisotopic (exact) mass is 379 g/mol. The molecule has 0 heterocycles. The van der Waals surface area contributed by atoms with Gasteiger partial charge < -0.3 is 4.74 Å². The molecule has 2 rings (SSSR count). The largest absolute Gasteiger partial charge is 0.465 e. The third kappa shape index (κ3) is 3.73. The summed E-state index contributed by atoms with van der Waals surface area (Å²) in [6.07, 6.45) is 2.95. The topological polar surface area (TPSA) is 55.4 Å². The third-order valence-corrected chi connectivity index (χ3v) is 4.29. The normalized spacial score (nSPS) is 11.8. The average molecular weight is 379 g/mol. The van der Waals surface area contributed by atoms with Gasteiger partial charge in [0.25, 0.3) is 10.0 Å². The fourth-order valence-corrected chi connectivity index (χ4v) is 2.97. The summed E-state index contributed by atoms with van der Waals surface area (Å²) in [6.45, 7) is 1.70. The highest BCUT2D eigenvalue weighted by molar-refractivity contribution is 7.92. The van der Waals surface area contributed by atoms with E-state index in [1.54, 1.807) is 17.7 Å². The van der Waals surface area contributed by atoms with Gasteiger partial charge in [-0.05, 0) is 31.2 Å². The number of allylic oxidation sites excluding steroid dienone is 1. The van der Waals surface area contributed by atoms with E-state index < -0.39 is 44.0 Å². The lowest BCUT2D eigenvalue weighted by atomic mass is 10.3. The summed E-state index contributed by atoms with van der Waals surface area (Å²) in [5, 5.41) is 0. The van der Waals surface area contributed by atoms with Crippen LogP contribution in [0.15, 0.2) is 41.5 Å². The number of rotatable bonds is 5. The molecule has 0 bridgehead atoms. The Balaban J connectivity index is 2.40. The van der Waals surface area contributed by atoms with E-state index >= 15 is 0 Å². The van der Waals surface area contributed by atoms with Gasteiger partial charge in [0.2, 0.25) is 5.82 Å². The van der Waals surface area contributed by atoms with Crippen molar-refractivity contribution in [2.75, 3.05) is 4.72 Å². The molecule has 0 amide bonds. The lowest BCUT2D eigenvalue weighted by Crippen LogP contribution is -2.19. The summed E-state index contributed by atoms with van der Waals surface area (Å²) < 4.78 is 97.5. The van der Waals surface area contributed by atoms with Gasteiger partial charge in [0, 0.05) is 5.69 Å². The quantitative estimate of drug-likeness (QED) is 0.368. The van der Waals surface area contributed by atoms with E-state index in [2.05, 4.69) is 0 Å². The molecule has 1 N–H and O–H groups in total. The Bertz CT molecular complexity index is 898. The number of anilines is 1. The Morgan fingerprint density at radius 3 is 1.84 bits per heavy atom. The van der Waals surface area contributed by atoms with E-state index in [1.165, 1.54) is 30.5 Å². The first-order chi connectivity index (χ1) is 11.7. The number of nitrogens with one attached hydrogen (secondary N) is 1. The lowest BCUT2D eigenvalue weighted by Gasteiger charge is -2.11. The van der Waals surface area contributed by atoms with Gasteiger partial charge in [0.05, 0.1) is 6.26 Å². The SMILES string of the molecule is C/C=C/Oc1ccc(NS(=O)(=O)c2c(F)c(F)c(F)c(F)c2F)cc1. The van der Waals surface area contributed by atoms with Crippen molar-refractivity contribution in [2.24, 2.45) is 0 Å². The fraction of sp³-hybridized carbons (Fsp3) is 0.0667. The molecule has 0 aromatic heterocycles. The minimum absolute atomic E-state index is 0.170. The fourth-order valence-electron chi connectivity index (χ4n) is 1.78. The molecule has 2 aromatic carbocycles. The number of halogens is 5. The van der Waals surface area contributed by atoms with Gasteiger partial charge in [-0.25, -0.2) is 30.4 Å². The molecule has 0 fully saturated rings. The van der Waals surface area contributed by atoms with E-state index in [0.29, 0.717) is 5.75 Å². The van der Waals surface area contributed by atoms with Crippen molar-refractivity contribution in [3.8, 4) is 5.75 Å². The van der Waals surface area contributed by atoms with E-state index in [1.807, 2.05) is 0 Å². The molecule has 134 valence electrons. The first kappa shape index (κ1) is 18.7. The molecule has 25 heavy (non-hydrogen) atoms. The van der Waals surface area contributed by atoms with E-state index in [0.717, 1.165) is 0 Å². The smallest absolute Gasteiger partial charge is 0.267 e. The second-order valence-electron chi connectivity index (χ2n) is 4.62. The van der Waals surface area contributed by atoms with Crippen molar-refractivity contribution >= 4 is 15.7 Å². The van der Waals surface area contributed by atoms with Crippen LogP contribution in [0.5, 0.6) is 5.75 Å². The molecule has 0 aliphatic carbocycles. The number of sulfonamides is 1. The van der Waals surface area contributed by atoms with Crippen LogP contribution >= 0.6 is 0 Å². The van der Waals surface area contributed by atoms with Crippen LogP contribution in [0.25, 0.3) is 0 Å². The molecule has 0 aliphatic heterocycles. The highest BCUT2D eigenvalue weighted by atomic mass is 32.2. The number of hydrogen-bond acceptors (Lipinski definition) is 3. The van der Waals surface area contributed by atoms with Crippen molar-refractivity contribution in [1.29, 1.82) is 0 Å². The third-order valence-electron chi connectivity index (χ3n) is 2.88. The average Bonchev–Trinajstić information content (AvgIpc) is 2.57. The van der Waals surface area contributed by atoms with Crippen LogP contribution in [0.4, 0.5) is 27.6 Å². The molecule has 0 spiro atoms. The Morgan fingerprint density at radius 1 is 0.880 bits per heavy atom. The van der Waals surface area contributed by atoms with Crippen LogP contribution in [0.3, 0.4) is 0 Å². The Labute approximate surface area is 139 Å². The van der Waals surface area contributed by atoms with E-state index in [9.17, 15) is 30.4 Å². The zero-order chi connectivity index (χ0) is 18.8.